The summed E-state index contributed by atoms with van der Waals surface area (Å²) >= 11 is 0. The number of carbonyl (C=O) groups is 4. The summed E-state index contributed by atoms with van der Waals surface area (Å²) in [6.45, 7) is 13.9. The van der Waals surface area contributed by atoms with Crippen LogP contribution in [0.2, 0.25) is 0 Å². The zero-order valence-corrected chi connectivity index (χ0v) is 23.2. The number of nitrogens with two attached hydrogens (primary N) is 1. The Hall–Kier alpha value is -3.14. The molecule has 0 aliphatic heterocycles. The number of methoxy groups -OCH3 is 1. The Morgan fingerprint density at radius 3 is 1.84 bits per heavy atom. The molecule has 0 aromatic heterocycles. The van der Waals surface area contributed by atoms with Gasteiger partial charge in [0.05, 0.1) is 17.9 Å². The van der Waals surface area contributed by atoms with Crippen molar-refractivity contribution < 1.29 is 43.2 Å². The Balaban J connectivity index is 3.62. The van der Waals surface area contributed by atoms with E-state index in [4.69, 9.17) is 19.9 Å². The molecule has 1 rings (SSSR count). The zero-order chi connectivity index (χ0) is 28.7. The third-order valence-electron chi connectivity index (χ3n) is 7.06. The minimum atomic E-state index is -1.39. The quantitative estimate of drug-likeness (QED) is 0.292. The summed E-state index contributed by atoms with van der Waals surface area (Å²) in [6.07, 6.45) is -0.669. The van der Waals surface area contributed by atoms with E-state index in [2.05, 4.69) is 4.74 Å². The monoisotopic (exact) mass is 523 g/mol. The van der Waals surface area contributed by atoms with E-state index in [1.54, 1.807) is 47.6 Å². The highest BCUT2D eigenvalue weighted by Gasteiger charge is 2.37. The molecule has 0 aliphatic carbocycles. The molecule has 0 saturated heterocycles. The smallest absolute Gasteiger partial charge is 0.480 e. The summed E-state index contributed by atoms with van der Waals surface area (Å²) in [7, 11) is 1.17. The Kier molecular flexibility index (Phi) is 11.1. The molecule has 1 aromatic carbocycles. The molecule has 0 saturated carbocycles. The largest absolute Gasteiger partial charge is 0.508 e. The van der Waals surface area contributed by atoms with Gasteiger partial charge in [0.1, 0.15) is 12.1 Å². The molecule has 1 aromatic rings. The van der Waals surface area contributed by atoms with Crippen LogP contribution in [0.1, 0.15) is 79.7 Å². The van der Waals surface area contributed by atoms with Gasteiger partial charge < -0.3 is 29.8 Å². The van der Waals surface area contributed by atoms with E-state index in [-0.39, 0.29) is 11.5 Å². The van der Waals surface area contributed by atoms with Crippen LogP contribution in [0.25, 0.3) is 0 Å². The van der Waals surface area contributed by atoms with Crippen molar-refractivity contribution in [1.29, 1.82) is 0 Å². The first-order valence-corrected chi connectivity index (χ1v) is 12.3. The van der Waals surface area contributed by atoms with Crippen molar-refractivity contribution in [3.05, 3.63) is 23.8 Å². The molecule has 0 fully saturated rings. The number of ether oxygens (including phenoxy) is 4. The van der Waals surface area contributed by atoms with Gasteiger partial charge in [-0.2, -0.15) is 0 Å². The second-order valence-corrected chi connectivity index (χ2v) is 10.5. The summed E-state index contributed by atoms with van der Waals surface area (Å²) in [4.78, 5) is 49.2. The number of carboxylic acid groups (broad SMARTS) is 1. The number of aliphatic carboxylic acids is 1. The van der Waals surface area contributed by atoms with Crippen LogP contribution in [-0.4, -0.2) is 48.4 Å². The van der Waals surface area contributed by atoms with E-state index in [0.717, 1.165) is 0 Å². The van der Waals surface area contributed by atoms with Crippen LogP contribution in [0, 0.1) is 16.7 Å². The standard InChI is InChI=1S/C27H41NO9/c1-10-26(5,6)23(31)36-18-13-12-17(14-19(18)37-24(32)27(7,8)11-2)20(21(28)22(29)30)15(3)16(4)35-25(33)34-9/h12-16,20-21H,10-11,28H2,1-9H3,(H,29,30)/t15?,16?,20?,21-/m0/s1. The SMILES string of the molecule is CCC(C)(C)C(=O)Oc1ccc(C(C(C)C(C)OC(=O)OC)[C@H](N)C(=O)O)cc1OC(=O)C(C)(C)CC. The van der Waals surface area contributed by atoms with Gasteiger partial charge in [-0.15, -0.1) is 0 Å². The van der Waals surface area contributed by atoms with Crippen LogP contribution in [0.5, 0.6) is 11.5 Å². The van der Waals surface area contributed by atoms with Crippen LogP contribution in [0.3, 0.4) is 0 Å². The number of hydrogen-bond donors (Lipinski definition) is 2. The highest BCUT2D eigenvalue weighted by atomic mass is 16.7. The van der Waals surface area contributed by atoms with Gasteiger partial charge in [-0.05, 0) is 65.2 Å². The Morgan fingerprint density at radius 1 is 0.919 bits per heavy atom. The van der Waals surface area contributed by atoms with E-state index in [1.807, 2.05) is 13.8 Å². The molecule has 208 valence electrons. The summed E-state index contributed by atoms with van der Waals surface area (Å²) in [6, 6.07) is 3.06. The third-order valence-corrected chi connectivity index (χ3v) is 7.06. The highest BCUT2D eigenvalue weighted by molar-refractivity contribution is 5.81. The molecular weight excluding hydrogens is 482 g/mol. The van der Waals surface area contributed by atoms with Crippen LogP contribution in [-0.2, 0) is 23.9 Å². The Morgan fingerprint density at radius 2 is 1.41 bits per heavy atom. The molecule has 37 heavy (non-hydrogen) atoms. The number of carbonyl (C=O) groups excluding carboxylic acids is 3. The van der Waals surface area contributed by atoms with Crippen molar-refractivity contribution in [2.75, 3.05) is 7.11 Å². The average Bonchev–Trinajstić information content (AvgIpc) is 2.84. The van der Waals surface area contributed by atoms with E-state index in [0.29, 0.717) is 18.4 Å². The second-order valence-electron chi connectivity index (χ2n) is 10.5. The van der Waals surface area contributed by atoms with Crippen LogP contribution in [0.4, 0.5) is 4.79 Å². The van der Waals surface area contributed by atoms with Gasteiger partial charge in [-0.1, -0.05) is 26.8 Å². The van der Waals surface area contributed by atoms with Gasteiger partial charge in [0.2, 0.25) is 0 Å². The maximum Gasteiger partial charge on any atom is 0.508 e. The van der Waals surface area contributed by atoms with Crippen LogP contribution in [0.15, 0.2) is 18.2 Å². The fourth-order valence-corrected chi connectivity index (χ4v) is 3.25. The summed E-state index contributed by atoms with van der Waals surface area (Å²) in [5.74, 6) is -3.81. The van der Waals surface area contributed by atoms with E-state index in [1.165, 1.54) is 19.2 Å². The summed E-state index contributed by atoms with van der Waals surface area (Å²) < 4.78 is 21.1. The van der Waals surface area contributed by atoms with Gasteiger partial charge in [0.15, 0.2) is 11.5 Å². The first kappa shape index (κ1) is 31.9. The number of esters is 2. The lowest BCUT2D eigenvalue weighted by Gasteiger charge is -2.31. The number of rotatable bonds is 12. The van der Waals surface area contributed by atoms with Crippen molar-refractivity contribution in [2.24, 2.45) is 22.5 Å². The predicted molar refractivity (Wildman–Crippen MR) is 136 cm³/mol. The molecule has 10 nitrogen and oxygen atoms in total. The topological polar surface area (TPSA) is 151 Å². The minimum Gasteiger partial charge on any atom is -0.480 e. The molecule has 4 atom stereocenters. The maximum absolute atomic E-state index is 12.9. The number of benzene rings is 1. The molecule has 0 amide bonds. The molecule has 10 heteroatoms. The number of hydrogen-bond acceptors (Lipinski definition) is 9. The fourth-order valence-electron chi connectivity index (χ4n) is 3.25. The summed E-state index contributed by atoms with van der Waals surface area (Å²) in [5, 5.41) is 9.70. The lowest BCUT2D eigenvalue weighted by molar-refractivity contribution is -0.147. The second kappa shape index (κ2) is 12.9. The van der Waals surface area contributed by atoms with Crippen molar-refractivity contribution in [2.45, 2.75) is 86.3 Å². The molecule has 3 unspecified atom stereocenters. The van der Waals surface area contributed by atoms with Crippen molar-refractivity contribution in [3.63, 3.8) is 0 Å². The van der Waals surface area contributed by atoms with Crippen molar-refractivity contribution in [1.82, 2.24) is 0 Å². The zero-order valence-electron chi connectivity index (χ0n) is 23.2. The fraction of sp³-hybridized carbons (Fsp3) is 0.630. The van der Waals surface area contributed by atoms with Crippen LogP contribution < -0.4 is 15.2 Å². The third kappa shape index (κ3) is 8.18. The van der Waals surface area contributed by atoms with Gasteiger partial charge in [0.25, 0.3) is 0 Å². The normalized spacial score (nSPS) is 15.1. The minimum absolute atomic E-state index is 0.0182. The molecule has 0 aliphatic rings. The van der Waals surface area contributed by atoms with E-state index < -0.39 is 58.9 Å². The Bertz CT molecular complexity index is 986. The van der Waals surface area contributed by atoms with E-state index >= 15 is 0 Å². The highest BCUT2D eigenvalue weighted by Crippen LogP contribution is 2.39. The molecular formula is C27H41NO9. The van der Waals surface area contributed by atoms with Gasteiger partial charge in [-0.3, -0.25) is 14.4 Å². The number of carboxylic acids is 1. The molecule has 3 N–H and O–H groups in total. The molecule has 0 radical (unpaired) electrons. The summed E-state index contributed by atoms with van der Waals surface area (Å²) in [5.41, 5.74) is 4.85. The maximum atomic E-state index is 12.9. The van der Waals surface area contributed by atoms with Gasteiger partial charge in [0, 0.05) is 11.8 Å². The van der Waals surface area contributed by atoms with Crippen LogP contribution >= 0.6 is 0 Å². The first-order chi connectivity index (χ1) is 17.0. The first-order valence-electron chi connectivity index (χ1n) is 12.3. The lowest BCUT2D eigenvalue weighted by atomic mass is 9.79. The molecule has 0 bridgehead atoms. The lowest BCUT2D eigenvalue weighted by Crippen LogP contribution is -2.42. The van der Waals surface area contributed by atoms with Gasteiger partial charge >= 0.3 is 24.1 Å². The van der Waals surface area contributed by atoms with Crippen molar-refractivity contribution in [3.8, 4) is 11.5 Å². The van der Waals surface area contributed by atoms with Gasteiger partial charge in [-0.25, -0.2) is 4.79 Å². The van der Waals surface area contributed by atoms with E-state index in [9.17, 15) is 24.3 Å². The Labute approximate surface area is 218 Å². The molecule has 0 spiro atoms. The van der Waals surface area contributed by atoms with Crippen molar-refractivity contribution >= 4 is 24.1 Å². The predicted octanol–water partition coefficient (Wildman–Crippen LogP) is 4.67. The average molecular weight is 524 g/mol. The molecule has 0 heterocycles.